The summed E-state index contributed by atoms with van der Waals surface area (Å²) in [6.45, 7) is 0. The molecule has 0 aromatic heterocycles. The topological polar surface area (TPSA) is 189 Å². The minimum absolute atomic E-state index is 0.0933. The Morgan fingerprint density at radius 1 is 1.21 bits per heavy atom. The molecule has 8 N–H and O–H groups in total. The van der Waals surface area contributed by atoms with E-state index in [0.717, 1.165) is 6.07 Å². The van der Waals surface area contributed by atoms with Gasteiger partial charge in [-0.25, -0.2) is 4.99 Å². The minimum atomic E-state index is -1.01. The zero-order chi connectivity index (χ0) is 14.6. The summed E-state index contributed by atoms with van der Waals surface area (Å²) < 4.78 is 0. The number of primary amides is 1. The standard InChI is InChI=1S/C9H11N7O3/c10-7(17)6-4(14-9(13)15-8(11)12)2-1-3-5(6)16(18)19/h1-3H,(H2,10,17)(H6,11,12,13,14,15). The fraction of sp³-hybridized carbons (Fsp3) is 0. The van der Waals surface area contributed by atoms with E-state index in [1.165, 1.54) is 12.1 Å². The molecule has 100 valence electrons. The van der Waals surface area contributed by atoms with Crippen LogP contribution in [0.15, 0.2) is 28.2 Å². The van der Waals surface area contributed by atoms with Crippen LogP contribution in [0.3, 0.4) is 0 Å². The van der Waals surface area contributed by atoms with Gasteiger partial charge in [0.05, 0.1) is 10.6 Å². The van der Waals surface area contributed by atoms with Gasteiger partial charge in [-0.05, 0) is 6.07 Å². The van der Waals surface area contributed by atoms with Crippen molar-refractivity contribution in [1.82, 2.24) is 0 Å². The van der Waals surface area contributed by atoms with Crippen LogP contribution in [0.1, 0.15) is 10.4 Å². The third-order valence-corrected chi connectivity index (χ3v) is 1.94. The first kappa shape index (κ1) is 13.9. The molecular weight excluding hydrogens is 254 g/mol. The number of carbonyl (C=O) groups excluding carboxylic acids is 1. The summed E-state index contributed by atoms with van der Waals surface area (Å²) in [5, 5.41) is 10.8. The number of carbonyl (C=O) groups is 1. The van der Waals surface area contributed by atoms with Gasteiger partial charge < -0.3 is 22.9 Å². The van der Waals surface area contributed by atoms with Crippen LogP contribution in [0.2, 0.25) is 0 Å². The normalized spacial score (nSPS) is 10.8. The Hall–Kier alpha value is -3.17. The van der Waals surface area contributed by atoms with Gasteiger partial charge >= 0.3 is 0 Å². The van der Waals surface area contributed by atoms with Gasteiger partial charge in [0.15, 0.2) is 5.96 Å². The van der Waals surface area contributed by atoms with Gasteiger partial charge in [-0.2, -0.15) is 4.99 Å². The average molecular weight is 265 g/mol. The highest BCUT2D eigenvalue weighted by Crippen LogP contribution is 2.28. The number of rotatable bonds is 3. The Morgan fingerprint density at radius 2 is 1.84 bits per heavy atom. The van der Waals surface area contributed by atoms with E-state index in [2.05, 4.69) is 9.98 Å². The molecule has 0 heterocycles. The van der Waals surface area contributed by atoms with E-state index in [9.17, 15) is 14.9 Å². The van der Waals surface area contributed by atoms with E-state index in [1.54, 1.807) is 0 Å². The van der Waals surface area contributed by atoms with E-state index in [0.29, 0.717) is 0 Å². The van der Waals surface area contributed by atoms with Gasteiger partial charge in [0.25, 0.3) is 11.6 Å². The largest absolute Gasteiger partial charge is 0.370 e. The molecule has 0 radical (unpaired) electrons. The second-order valence-electron chi connectivity index (χ2n) is 3.30. The molecule has 0 fully saturated rings. The van der Waals surface area contributed by atoms with E-state index in [-0.39, 0.29) is 23.2 Å². The number of hydrogen-bond acceptors (Lipinski definition) is 4. The average Bonchev–Trinajstić information content (AvgIpc) is 2.26. The van der Waals surface area contributed by atoms with Gasteiger partial charge in [-0.3, -0.25) is 14.9 Å². The fourth-order valence-corrected chi connectivity index (χ4v) is 1.31. The Balaban J connectivity index is 3.44. The van der Waals surface area contributed by atoms with Crippen molar-refractivity contribution in [2.24, 2.45) is 32.9 Å². The maximum atomic E-state index is 11.3. The summed E-state index contributed by atoms with van der Waals surface area (Å²) in [5.74, 6) is -1.71. The molecule has 19 heavy (non-hydrogen) atoms. The molecule has 0 atom stereocenters. The number of nitrogens with two attached hydrogens (primary N) is 4. The molecule has 0 aliphatic heterocycles. The van der Waals surface area contributed by atoms with Crippen LogP contribution in [-0.4, -0.2) is 22.7 Å². The van der Waals surface area contributed by atoms with Crippen molar-refractivity contribution in [1.29, 1.82) is 0 Å². The highest BCUT2D eigenvalue weighted by Gasteiger charge is 2.22. The van der Waals surface area contributed by atoms with Crippen LogP contribution in [0.4, 0.5) is 11.4 Å². The summed E-state index contributed by atoms with van der Waals surface area (Å²) in [5.41, 5.74) is 19.7. The molecule has 0 aliphatic rings. The van der Waals surface area contributed by atoms with E-state index in [1.807, 2.05) is 0 Å². The van der Waals surface area contributed by atoms with Crippen molar-refractivity contribution in [3.05, 3.63) is 33.9 Å². The highest BCUT2D eigenvalue weighted by atomic mass is 16.6. The van der Waals surface area contributed by atoms with Crippen molar-refractivity contribution in [3.63, 3.8) is 0 Å². The number of nitro benzene ring substituents is 1. The maximum absolute atomic E-state index is 11.3. The SMILES string of the molecule is NC(=O)c1c(N=C(N)N=C(N)N)cccc1[N+](=O)[O-]. The number of guanidine groups is 2. The lowest BCUT2D eigenvalue weighted by molar-refractivity contribution is -0.385. The summed E-state index contributed by atoms with van der Waals surface area (Å²) in [6, 6.07) is 3.77. The summed E-state index contributed by atoms with van der Waals surface area (Å²) in [4.78, 5) is 28.4. The van der Waals surface area contributed by atoms with Crippen molar-refractivity contribution < 1.29 is 9.72 Å². The third kappa shape index (κ3) is 3.39. The highest BCUT2D eigenvalue weighted by molar-refractivity contribution is 6.03. The lowest BCUT2D eigenvalue weighted by Gasteiger charge is -2.03. The Morgan fingerprint density at radius 3 is 2.32 bits per heavy atom. The number of hydrogen-bond donors (Lipinski definition) is 4. The van der Waals surface area contributed by atoms with Crippen LogP contribution in [0, 0.1) is 10.1 Å². The molecule has 0 aliphatic carbocycles. The summed E-state index contributed by atoms with van der Waals surface area (Å²) in [6.07, 6.45) is 0. The van der Waals surface area contributed by atoms with Crippen LogP contribution in [-0.2, 0) is 0 Å². The smallest absolute Gasteiger partial charge is 0.284 e. The molecule has 0 saturated carbocycles. The molecule has 0 saturated heterocycles. The lowest BCUT2D eigenvalue weighted by atomic mass is 10.1. The first-order chi connectivity index (χ1) is 8.82. The molecule has 0 bridgehead atoms. The number of nitro groups is 1. The minimum Gasteiger partial charge on any atom is -0.370 e. The van der Waals surface area contributed by atoms with Crippen molar-refractivity contribution in [2.45, 2.75) is 0 Å². The zero-order valence-electron chi connectivity index (χ0n) is 9.61. The molecule has 10 nitrogen and oxygen atoms in total. The van der Waals surface area contributed by atoms with Gasteiger partial charge in [-0.15, -0.1) is 0 Å². The number of amides is 1. The van der Waals surface area contributed by atoms with Crippen LogP contribution >= 0.6 is 0 Å². The number of benzene rings is 1. The molecule has 1 amide bonds. The molecule has 0 spiro atoms. The second-order valence-corrected chi connectivity index (χ2v) is 3.30. The van der Waals surface area contributed by atoms with Crippen molar-refractivity contribution in [3.8, 4) is 0 Å². The van der Waals surface area contributed by atoms with Gasteiger partial charge in [0, 0.05) is 6.07 Å². The van der Waals surface area contributed by atoms with Gasteiger partial charge in [-0.1, -0.05) is 6.07 Å². The molecule has 1 rings (SSSR count). The van der Waals surface area contributed by atoms with Gasteiger partial charge in [0.1, 0.15) is 5.56 Å². The molecule has 0 unspecified atom stereocenters. The molecule has 1 aromatic carbocycles. The van der Waals surface area contributed by atoms with Crippen molar-refractivity contribution >= 4 is 29.2 Å². The van der Waals surface area contributed by atoms with Crippen molar-refractivity contribution in [2.75, 3.05) is 0 Å². The molecule has 10 heteroatoms. The van der Waals surface area contributed by atoms with Crippen LogP contribution in [0.5, 0.6) is 0 Å². The maximum Gasteiger partial charge on any atom is 0.284 e. The summed E-state index contributed by atoms with van der Waals surface area (Å²) in [7, 11) is 0. The Labute approximate surface area is 106 Å². The van der Waals surface area contributed by atoms with E-state index >= 15 is 0 Å². The lowest BCUT2D eigenvalue weighted by Crippen LogP contribution is -2.26. The van der Waals surface area contributed by atoms with E-state index < -0.39 is 16.5 Å². The predicted molar refractivity (Wildman–Crippen MR) is 68.7 cm³/mol. The predicted octanol–water partition coefficient (Wildman–Crippen LogP) is -1.09. The van der Waals surface area contributed by atoms with Gasteiger partial charge in [0.2, 0.25) is 5.96 Å². The molecular formula is C9H11N7O3. The number of aliphatic imine (C=N–C) groups is 2. The van der Waals surface area contributed by atoms with Crippen LogP contribution in [0.25, 0.3) is 0 Å². The van der Waals surface area contributed by atoms with Crippen LogP contribution < -0.4 is 22.9 Å². The number of nitrogens with zero attached hydrogens (tertiary/aromatic N) is 3. The fourth-order valence-electron chi connectivity index (χ4n) is 1.31. The Bertz CT molecular complexity index is 589. The first-order valence-corrected chi connectivity index (χ1v) is 4.84. The quantitative estimate of drug-likeness (QED) is 0.232. The Kier molecular flexibility index (Phi) is 3.98. The summed E-state index contributed by atoms with van der Waals surface area (Å²) >= 11 is 0. The van der Waals surface area contributed by atoms with E-state index in [4.69, 9.17) is 22.9 Å². The first-order valence-electron chi connectivity index (χ1n) is 4.84. The third-order valence-electron chi connectivity index (χ3n) is 1.94. The zero-order valence-corrected chi connectivity index (χ0v) is 9.61. The second kappa shape index (κ2) is 5.44. The monoisotopic (exact) mass is 265 g/mol. The molecule has 1 aromatic rings.